The third-order valence-corrected chi connectivity index (χ3v) is 2.79. The van der Waals surface area contributed by atoms with Gasteiger partial charge in [0, 0.05) is 19.4 Å². The third-order valence-electron chi connectivity index (χ3n) is 2.79. The van der Waals surface area contributed by atoms with E-state index in [2.05, 4.69) is 4.98 Å². The van der Waals surface area contributed by atoms with E-state index in [-0.39, 0.29) is 17.9 Å². The number of imidazole rings is 1. The average Bonchev–Trinajstić information content (AvgIpc) is 2.86. The van der Waals surface area contributed by atoms with Crippen molar-refractivity contribution >= 4 is 5.91 Å². The second-order valence-electron chi connectivity index (χ2n) is 4.17. The Hall–Kier alpha value is -2.31. The molecule has 2 rings (SSSR count). The number of amides is 1. The minimum atomic E-state index is -2.73. The molecular weight excluding hydrogens is 271 g/mol. The van der Waals surface area contributed by atoms with Crippen molar-refractivity contribution in [1.82, 2.24) is 14.5 Å². The average molecular weight is 283 g/mol. The molecule has 0 unspecified atom stereocenters. The van der Waals surface area contributed by atoms with Crippen molar-refractivity contribution in [2.75, 3.05) is 7.05 Å². The topological polar surface area (TPSA) is 38.1 Å². The first-order valence-corrected chi connectivity index (χ1v) is 5.80. The molecule has 0 aliphatic rings. The van der Waals surface area contributed by atoms with Gasteiger partial charge < -0.3 is 4.90 Å². The quantitative estimate of drug-likeness (QED) is 0.865. The van der Waals surface area contributed by atoms with Crippen molar-refractivity contribution in [2.24, 2.45) is 0 Å². The molecule has 0 spiro atoms. The molecule has 20 heavy (non-hydrogen) atoms. The molecule has 0 saturated heterocycles. The van der Waals surface area contributed by atoms with Crippen molar-refractivity contribution in [3.05, 3.63) is 53.9 Å². The highest BCUT2D eigenvalue weighted by Crippen LogP contribution is 2.15. The Bertz CT molecular complexity index is 612. The fourth-order valence-electron chi connectivity index (χ4n) is 1.77. The van der Waals surface area contributed by atoms with Crippen molar-refractivity contribution in [3.63, 3.8) is 0 Å². The summed E-state index contributed by atoms with van der Waals surface area (Å²) in [6.07, 6.45) is 2.35. The summed E-state index contributed by atoms with van der Waals surface area (Å²) in [6.45, 7) is -2.87. The number of nitrogens with zero attached hydrogens (tertiary/aromatic N) is 3. The minimum Gasteiger partial charge on any atom is -0.334 e. The lowest BCUT2D eigenvalue weighted by atomic mass is 10.2. The smallest absolute Gasteiger partial charge is 0.319 e. The van der Waals surface area contributed by atoms with Gasteiger partial charge in [-0.15, -0.1) is 0 Å². The molecule has 0 aliphatic carbocycles. The van der Waals surface area contributed by atoms with Gasteiger partial charge in [-0.3, -0.25) is 9.36 Å². The van der Waals surface area contributed by atoms with Crippen LogP contribution in [0, 0.1) is 5.82 Å². The summed E-state index contributed by atoms with van der Waals surface area (Å²) in [5.41, 5.74) is -0.106. The van der Waals surface area contributed by atoms with Crippen LogP contribution >= 0.6 is 0 Å². The van der Waals surface area contributed by atoms with E-state index < -0.39 is 18.3 Å². The zero-order valence-electron chi connectivity index (χ0n) is 10.6. The third kappa shape index (κ3) is 2.81. The van der Waals surface area contributed by atoms with Gasteiger partial charge in [-0.05, 0) is 12.1 Å². The number of rotatable bonds is 4. The minimum absolute atomic E-state index is 0.0344. The van der Waals surface area contributed by atoms with E-state index in [1.54, 1.807) is 0 Å². The first-order chi connectivity index (χ1) is 9.50. The first kappa shape index (κ1) is 14.1. The van der Waals surface area contributed by atoms with Crippen LogP contribution < -0.4 is 0 Å². The Kier molecular flexibility index (Phi) is 4.07. The molecule has 1 aromatic carbocycles. The molecule has 0 radical (unpaired) electrons. The van der Waals surface area contributed by atoms with Crippen molar-refractivity contribution < 1.29 is 18.0 Å². The molecular formula is C13H12F3N3O. The lowest BCUT2D eigenvalue weighted by Crippen LogP contribution is -2.28. The molecule has 1 amide bonds. The fourth-order valence-corrected chi connectivity index (χ4v) is 1.77. The number of hydrogen-bond donors (Lipinski definition) is 0. The van der Waals surface area contributed by atoms with Crippen LogP contribution in [0.2, 0.25) is 0 Å². The van der Waals surface area contributed by atoms with Crippen LogP contribution in [-0.4, -0.2) is 27.4 Å². The zero-order valence-corrected chi connectivity index (χ0v) is 10.6. The summed E-state index contributed by atoms with van der Waals surface area (Å²) in [6, 6.07) is 5.51. The van der Waals surface area contributed by atoms with Gasteiger partial charge in [0.15, 0.2) is 0 Å². The zero-order chi connectivity index (χ0) is 14.7. The molecule has 1 heterocycles. The maximum atomic E-state index is 13.5. The van der Waals surface area contributed by atoms with Crippen LogP contribution in [0.1, 0.15) is 22.7 Å². The molecule has 106 valence electrons. The Morgan fingerprint density at radius 3 is 2.75 bits per heavy atom. The number of alkyl halides is 2. The summed E-state index contributed by atoms with van der Waals surface area (Å²) in [5, 5.41) is 0. The summed E-state index contributed by atoms with van der Waals surface area (Å²) in [4.78, 5) is 16.9. The highest BCUT2D eigenvalue weighted by molar-refractivity contribution is 5.94. The molecule has 0 bridgehead atoms. The molecule has 2 aromatic rings. The Labute approximate surface area is 113 Å². The van der Waals surface area contributed by atoms with E-state index in [4.69, 9.17) is 0 Å². The fraction of sp³-hybridized carbons (Fsp3) is 0.231. The largest absolute Gasteiger partial charge is 0.334 e. The normalized spacial score (nSPS) is 10.8. The number of carbonyl (C=O) groups is 1. The molecule has 1 aromatic heterocycles. The number of halogens is 3. The maximum absolute atomic E-state index is 13.5. The number of aromatic nitrogens is 2. The van der Waals surface area contributed by atoms with Crippen LogP contribution in [0.15, 0.2) is 36.7 Å². The van der Waals surface area contributed by atoms with E-state index in [9.17, 15) is 18.0 Å². The number of benzene rings is 1. The van der Waals surface area contributed by atoms with E-state index in [1.807, 2.05) is 0 Å². The predicted octanol–water partition coefficient (Wildman–Crippen LogP) is 2.69. The van der Waals surface area contributed by atoms with Crippen LogP contribution in [0.4, 0.5) is 13.2 Å². The van der Waals surface area contributed by atoms with E-state index in [0.29, 0.717) is 4.57 Å². The van der Waals surface area contributed by atoms with Gasteiger partial charge in [-0.25, -0.2) is 9.37 Å². The van der Waals surface area contributed by atoms with Crippen molar-refractivity contribution in [2.45, 2.75) is 13.1 Å². The van der Waals surface area contributed by atoms with Gasteiger partial charge in [-0.1, -0.05) is 12.1 Å². The molecule has 0 fully saturated rings. The summed E-state index contributed by atoms with van der Waals surface area (Å²) in [7, 11) is 1.40. The van der Waals surface area contributed by atoms with Gasteiger partial charge in [0.25, 0.3) is 5.91 Å². The molecule has 0 N–H and O–H groups in total. The van der Waals surface area contributed by atoms with E-state index in [1.165, 1.54) is 37.5 Å². The monoisotopic (exact) mass is 283 g/mol. The summed E-state index contributed by atoms with van der Waals surface area (Å²) < 4.78 is 39.5. The highest BCUT2D eigenvalue weighted by Gasteiger charge is 2.19. The van der Waals surface area contributed by atoms with Crippen molar-refractivity contribution in [3.8, 4) is 0 Å². The summed E-state index contributed by atoms with van der Waals surface area (Å²) >= 11 is 0. The Morgan fingerprint density at radius 1 is 1.40 bits per heavy atom. The standard InChI is InChI=1S/C13H12F3N3O/c1-18(8-11-17-6-7-19(11)13(15)16)12(20)9-4-2-3-5-10(9)14/h2-7,13H,8H2,1H3. The molecule has 0 atom stereocenters. The van der Waals surface area contributed by atoms with Crippen LogP contribution in [-0.2, 0) is 6.54 Å². The van der Waals surface area contributed by atoms with Gasteiger partial charge in [0.2, 0.25) is 0 Å². The van der Waals surface area contributed by atoms with Crippen LogP contribution in [0.5, 0.6) is 0 Å². The maximum Gasteiger partial charge on any atom is 0.319 e. The number of hydrogen-bond acceptors (Lipinski definition) is 2. The predicted molar refractivity (Wildman–Crippen MR) is 65.7 cm³/mol. The first-order valence-electron chi connectivity index (χ1n) is 5.80. The van der Waals surface area contributed by atoms with Gasteiger partial charge in [-0.2, -0.15) is 8.78 Å². The Morgan fingerprint density at radius 2 is 2.10 bits per heavy atom. The molecule has 0 aliphatic heterocycles. The highest BCUT2D eigenvalue weighted by atomic mass is 19.3. The Balaban J connectivity index is 2.16. The van der Waals surface area contributed by atoms with Crippen LogP contribution in [0.3, 0.4) is 0 Å². The summed E-state index contributed by atoms with van der Waals surface area (Å²) in [5.74, 6) is -1.21. The molecule has 7 heteroatoms. The molecule has 4 nitrogen and oxygen atoms in total. The van der Waals surface area contributed by atoms with Gasteiger partial charge in [0.1, 0.15) is 11.6 Å². The number of carbonyl (C=O) groups excluding carboxylic acids is 1. The van der Waals surface area contributed by atoms with Crippen LogP contribution in [0.25, 0.3) is 0 Å². The molecule has 0 saturated carbocycles. The lowest BCUT2D eigenvalue weighted by Gasteiger charge is -2.17. The van der Waals surface area contributed by atoms with Crippen molar-refractivity contribution in [1.29, 1.82) is 0 Å². The van der Waals surface area contributed by atoms with E-state index >= 15 is 0 Å². The van der Waals surface area contributed by atoms with Gasteiger partial charge >= 0.3 is 6.55 Å². The van der Waals surface area contributed by atoms with E-state index in [0.717, 1.165) is 11.1 Å². The SMILES string of the molecule is CN(Cc1nccn1C(F)F)C(=O)c1ccccc1F. The second kappa shape index (κ2) is 5.77. The second-order valence-corrected chi connectivity index (χ2v) is 4.17. The van der Waals surface area contributed by atoms with Gasteiger partial charge in [0.05, 0.1) is 12.1 Å². The lowest BCUT2D eigenvalue weighted by molar-refractivity contribution is 0.0611.